The lowest BCUT2D eigenvalue weighted by Gasteiger charge is -2.29. The minimum atomic E-state index is -4.22. The Labute approximate surface area is 111 Å². The van der Waals surface area contributed by atoms with E-state index in [0.717, 1.165) is 11.1 Å². The van der Waals surface area contributed by atoms with E-state index < -0.39 is 10.5 Å². The van der Waals surface area contributed by atoms with Gasteiger partial charge in [-0.05, 0) is 28.0 Å². The van der Waals surface area contributed by atoms with Gasteiger partial charge in [0.05, 0.1) is 15.4 Å². The first-order valence-electron chi connectivity index (χ1n) is 6.04. The van der Waals surface area contributed by atoms with Crippen LogP contribution in [-0.4, -0.2) is 13.3 Å². The van der Waals surface area contributed by atoms with Crippen molar-refractivity contribution in [2.24, 2.45) is 0 Å². The highest BCUT2D eigenvalue weighted by Gasteiger charge is 2.26. The van der Waals surface area contributed by atoms with Gasteiger partial charge in [0.15, 0.2) is 0 Å². The average Bonchev–Trinajstić information content (AvgIpc) is 2.12. The van der Waals surface area contributed by atoms with Gasteiger partial charge in [0.1, 0.15) is 0 Å². The standard InChI is InChI=1S/C14H24O3S/c1-13(2,3)10-7-8-12(18(15,16)17)11(9-10)14(4,5)6/h7-9,18H,1-6H3,(H2,15,16,17). The highest BCUT2D eigenvalue weighted by molar-refractivity contribution is 7.92. The number of benzene rings is 1. The second kappa shape index (κ2) is 4.44. The summed E-state index contributed by atoms with van der Waals surface area (Å²) in [5, 5.41) is 0. The Morgan fingerprint density at radius 1 is 0.944 bits per heavy atom. The monoisotopic (exact) mass is 272 g/mol. The van der Waals surface area contributed by atoms with Crippen LogP contribution in [0.3, 0.4) is 0 Å². The predicted octanol–water partition coefficient (Wildman–Crippen LogP) is 3.60. The van der Waals surface area contributed by atoms with Crippen molar-refractivity contribution in [2.75, 3.05) is 0 Å². The summed E-state index contributed by atoms with van der Waals surface area (Å²) in [6, 6.07) is 5.31. The summed E-state index contributed by atoms with van der Waals surface area (Å²) in [6.07, 6.45) is 0. The molecule has 0 unspecified atom stereocenters. The van der Waals surface area contributed by atoms with Crippen molar-refractivity contribution in [2.45, 2.75) is 57.3 Å². The molecule has 0 aliphatic heterocycles. The molecule has 0 radical (unpaired) electrons. The van der Waals surface area contributed by atoms with E-state index in [4.69, 9.17) is 0 Å². The van der Waals surface area contributed by atoms with Crippen LogP contribution in [0.4, 0.5) is 0 Å². The first-order valence-corrected chi connectivity index (χ1v) is 7.66. The topological polar surface area (TPSA) is 57.5 Å². The molecule has 1 aromatic carbocycles. The lowest BCUT2D eigenvalue weighted by molar-refractivity contribution is 0.418. The molecule has 0 amide bonds. The highest BCUT2D eigenvalue weighted by Crippen LogP contribution is 2.34. The molecule has 0 spiro atoms. The van der Waals surface area contributed by atoms with E-state index in [2.05, 4.69) is 20.8 Å². The maximum atomic E-state index is 11.6. The summed E-state index contributed by atoms with van der Waals surface area (Å²) >= 11 is 0. The van der Waals surface area contributed by atoms with Crippen LogP contribution in [0.1, 0.15) is 52.7 Å². The fourth-order valence-corrected chi connectivity index (χ4v) is 2.84. The summed E-state index contributed by atoms with van der Waals surface area (Å²) in [5.41, 5.74) is 1.48. The second-order valence-corrected chi connectivity index (χ2v) is 8.35. The minimum absolute atomic E-state index is 0.0343. The zero-order valence-corrected chi connectivity index (χ0v) is 12.9. The van der Waals surface area contributed by atoms with E-state index >= 15 is 0 Å². The van der Waals surface area contributed by atoms with Gasteiger partial charge >= 0.3 is 0 Å². The van der Waals surface area contributed by atoms with Gasteiger partial charge < -0.3 is 9.11 Å². The molecule has 18 heavy (non-hydrogen) atoms. The smallest absolute Gasteiger partial charge is 0.0998 e. The molecule has 3 nitrogen and oxygen atoms in total. The highest BCUT2D eigenvalue weighted by atomic mass is 32.3. The summed E-state index contributed by atoms with van der Waals surface area (Å²) in [6.45, 7) is 12.2. The normalized spacial score (nSPS) is 14.7. The van der Waals surface area contributed by atoms with Crippen molar-refractivity contribution in [3.63, 3.8) is 0 Å². The Morgan fingerprint density at radius 2 is 1.44 bits per heavy atom. The van der Waals surface area contributed by atoms with E-state index in [9.17, 15) is 13.3 Å². The van der Waals surface area contributed by atoms with Crippen LogP contribution in [0.25, 0.3) is 0 Å². The molecule has 0 bridgehead atoms. The first-order chi connectivity index (χ1) is 7.83. The van der Waals surface area contributed by atoms with Crippen LogP contribution in [-0.2, 0) is 21.3 Å². The van der Waals surface area contributed by atoms with Crippen molar-refractivity contribution >= 4 is 10.5 Å². The number of rotatable bonds is 1. The van der Waals surface area contributed by atoms with Crippen molar-refractivity contribution in [3.05, 3.63) is 29.3 Å². The van der Waals surface area contributed by atoms with Crippen molar-refractivity contribution < 1.29 is 13.3 Å². The first kappa shape index (κ1) is 15.3. The molecule has 0 saturated heterocycles. The second-order valence-electron chi connectivity index (χ2n) is 6.78. The Hall–Kier alpha value is -0.710. The molecule has 0 heterocycles. The minimum Gasteiger partial charge on any atom is -0.306 e. The lowest BCUT2D eigenvalue weighted by Crippen LogP contribution is -2.22. The summed E-state index contributed by atoms with van der Waals surface area (Å²) in [5.74, 6) is 0. The molecule has 104 valence electrons. The van der Waals surface area contributed by atoms with Crippen molar-refractivity contribution in [1.29, 1.82) is 0 Å². The van der Waals surface area contributed by atoms with Gasteiger partial charge in [-0.2, -0.15) is 0 Å². The molecular weight excluding hydrogens is 248 g/mol. The average molecular weight is 272 g/mol. The maximum absolute atomic E-state index is 11.6. The zero-order valence-electron chi connectivity index (χ0n) is 12.0. The maximum Gasteiger partial charge on any atom is 0.0998 e. The SMILES string of the molecule is CC(C)(C)c1ccc([SH](=O)(O)O)c(C(C)(C)C)c1. The van der Waals surface area contributed by atoms with E-state index in [1.165, 1.54) is 0 Å². The van der Waals surface area contributed by atoms with Gasteiger partial charge in [0, 0.05) is 0 Å². The third kappa shape index (κ3) is 3.40. The van der Waals surface area contributed by atoms with Crippen LogP contribution in [0.5, 0.6) is 0 Å². The van der Waals surface area contributed by atoms with Crippen LogP contribution in [0, 0.1) is 0 Å². The van der Waals surface area contributed by atoms with Crippen LogP contribution < -0.4 is 0 Å². The number of hydrogen-bond donors (Lipinski definition) is 3. The van der Waals surface area contributed by atoms with Gasteiger partial charge in [0.2, 0.25) is 0 Å². The van der Waals surface area contributed by atoms with E-state index in [1.54, 1.807) is 6.07 Å². The third-order valence-electron chi connectivity index (χ3n) is 2.98. The van der Waals surface area contributed by atoms with E-state index in [-0.39, 0.29) is 15.7 Å². The fourth-order valence-electron chi connectivity index (χ4n) is 1.86. The summed E-state index contributed by atoms with van der Waals surface area (Å²) in [4.78, 5) is 0.142. The Balaban J connectivity index is 3.55. The third-order valence-corrected chi connectivity index (χ3v) is 4.00. The van der Waals surface area contributed by atoms with Gasteiger partial charge in [-0.3, -0.25) is 0 Å². The molecular formula is C14H24O3S. The summed E-state index contributed by atoms with van der Waals surface area (Å²) in [7, 11) is -4.22. The number of thiol groups is 1. The van der Waals surface area contributed by atoms with Gasteiger partial charge in [-0.1, -0.05) is 53.7 Å². The van der Waals surface area contributed by atoms with Crippen LogP contribution >= 0.6 is 0 Å². The van der Waals surface area contributed by atoms with Crippen LogP contribution in [0.2, 0.25) is 0 Å². The Kier molecular flexibility index (Phi) is 3.79. The molecule has 0 atom stereocenters. The van der Waals surface area contributed by atoms with Crippen molar-refractivity contribution in [3.8, 4) is 0 Å². The van der Waals surface area contributed by atoms with Crippen molar-refractivity contribution in [1.82, 2.24) is 0 Å². The zero-order chi connectivity index (χ0) is 14.4. The largest absolute Gasteiger partial charge is 0.306 e. The predicted molar refractivity (Wildman–Crippen MR) is 76.9 cm³/mol. The van der Waals surface area contributed by atoms with Gasteiger partial charge in [0.25, 0.3) is 0 Å². The molecule has 0 fully saturated rings. The Bertz CT molecular complexity index is 487. The molecule has 0 aliphatic carbocycles. The van der Waals surface area contributed by atoms with E-state index in [0.29, 0.717) is 0 Å². The quantitative estimate of drug-likeness (QED) is 0.685. The van der Waals surface area contributed by atoms with Crippen LogP contribution in [0.15, 0.2) is 23.1 Å². The molecule has 1 aromatic rings. The summed E-state index contributed by atoms with van der Waals surface area (Å²) < 4.78 is 30.4. The molecule has 2 N–H and O–H groups in total. The number of hydrogen-bond acceptors (Lipinski definition) is 1. The molecule has 0 saturated carbocycles. The van der Waals surface area contributed by atoms with Gasteiger partial charge in [-0.15, -0.1) is 0 Å². The molecule has 1 rings (SSSR count). The molecule has 0 aromatic heterocycles. The molecule has 4 heteroatoms. The fraction of sp³-hybridized carbons (Fsp3) is 0.571. The molecule has 0 aliphatic rings. The van der Waals surface area contributed by atoms with Gasteiger partial charge in [-0.25, -0.2) is 4.21 Å². The Morgan fingerprint density at radius 3 is 1.78 bits per heavy atom. The van der Waals surface area contributed by atoms with E-state index in [1.807, 2.05) is 32.9 Å². The lowest BCUT2D eigenvalue weighted by atomic mass is 9.81.